The zero-order valence-electron chi connectivity index (χ0n) is 14.3. The lowest BCUT2D eigenvalue weighted by Crippen LogP contribution is -2.49. The Bertz CT molecular complexity index is 622. The first-order chi connectivity index (χ1) is 11.6. The Morgan fingerprint density at radius 2 is 1.88 bits per heavy atom. The molecule has 6 heteroatoms. The molecule has 0 spiro atoms. The molecule has 2 aliphatic rings. The van der Waals surface area contributed by atoms with Gasteiger partial charge in [0.15, 0.2) is 0 Å². The molecule has 2 aliphatic carbocycles. The van der Waals surface area contributed by atoms with Crippen molar-refractivity contribution in [2.75, 3.05) is 5.32 Å². The molecule has 6 nitrogen and oxygen atoms in total. The Labute approximate surface area is 142 Å². The van der Waals surface area contributed by atoms with Crippen molar-refractivity contribution in [1.29, 1.82) is 0 Å². The van der Waals surface area contributed by atoms with Crippen molar-refractivity contribution in [3.63, 3.8) is 0 Å². The van der Waals surface area contributed by atoms with Gasteiger partial charge in [0, 0.05) is 13.2 Å². The molecule has 0 bridgehead atoms. The topological polar surface area (TPSA) is 72.4 Å². The van der Waals surface area contributed by atoms with Crippen LogP contribution in [0.2, 0.25) is 0 Å². The number of hydrogen-bond acceptors (Lipinski definition) is 3. The molecule has 2 saturated carbocycles. The Morgan fingerprint density at radius 1 is 1.17 bits per heavy atom. The van der Waals surface area contributed by atoms with Gasteiger partial charge in [-0.3, -0.25) is 4.79 Å². The van der Waals surface area contributed by atoms with Crippen molar-refractivity contribution in [3.8, 4) is 0 Å². The van der Waals surface area contributed by atoms with Crippen molar-refractivity contribution in [3.05, 3.63) is 28.7 Å². The molecule has 2 atom stereocenters. The van der Waals surface area contributed by atoms with Gasteiger partial charge in [-0.25, -0.2) is 4.79 Å². The van der Waals surface area contributed by atoms with Gasteiger partial charge in [0.05, 0.1) is 18.2 Å². The molecule has 2 fully saturated rings. The first-order valence-corrected chi connectivity index (χ1v) is 9.02. The summed E-state index contributed by atoms with van der Waals surface area (Å²) in [6.45, 7) is 0. The standard InChI is InChI=1S/C18H27N3O3/c1-21-12-6-10-15(17(21)22)20-18(23)19-14-9-4-5-11-16(14)24-13-7-2-3-8-13/h6,10,12-14,16H,2-5,7-9,11H2,1H3,(H2,19,20,23). The Hall–Kier alpha value is -1.82. The molecule has 24 heavy (non-hydrogen) atoms. The maximum atomic E-state index is 12.3. The van der Waals surface area contributed by atoms with Gasteiger partial charge in [0.25, 0.3) is 5.56 Å². The monoisotopic (exact) mass is 333 g/mol. The highest BCUT2D eigenvalue weighted by Crippen LogP contribution is 2.28. The second-order valence-electron chi connectivity index (χ2n) is 6.91. The smallest absolute Gasteiger partial charge is 0.319 e. The van der Waals surface area contributed by atoms with Crippen LogP contribution in [0.4, 0.5) is 10.5 Å². The number of aromatic nitrogens is 1. The van der Waals surface area contributed by atoms with Crippen molar-refractivity contribution < 1.29 is 9.53 Å². The van der Waals surface area contributed by atoms with Crippen LogP contribution in [0.15, 0.2) is 23.1 Å². The van der Waals surface area contributed by atoms with E-state index in [0.717, 1.165) is 38.5 Å². The van der Waals surface area contributed by atoms with E-state index < -0.39 is 0 Å². The summed E-state index contributed by atoms with van der Waals surface area (Å²) in [6.07, 6.45) is 11.0. The van der Waals surface area contributed by atoms with Crippen LogP contribution >= 0.6 is 0 Å². The number of amides is 2. The first kappa shape index (κ1) is 17.0. The third-order valence-electron chi connectivity index (χ3n) is 5.06. The van der Waals surface area contributed by atoms with Crippen LogP contribution in [0.1, 0.15) is 51.4 Å². The summed E-state index contributed by atoms with van der Waals surface area (Å²) in [4.78, 5) is 24.3. The third-order valence-corrected chi connectivity index (χ3v) is 5.06. The van der Waals surface area contributed by atoms with Gasteiger partial charge in [-0.1, -0.05) is 25.7 Å². The number of pyridine rings is 1. The number of nitrogens with zero attached hydrogens (tertiary/aromatic N) is 1. The number of ether oxygens (including phenoxy) is 1. The van der Waals surface area contributed by atoms with E-state index in [2.05, 4.69) is 10.6 Å². The lowest BCUT2D eigenvalue weighted by atomic mass is 9.92. The molecule has 132 valence electrons. The summed E-state index contributed by atoms with van der Waals surface area (Å²) < 4.78 is 7.70. The second-order valence-corrected chi connectivity index (χ2v) is 6.91. The molecule has 1 aromatic heterocycles. The first-order valence-electron chi connectivity index (χ1n) is 9.02. The fraction of sp³-hybridized carbons (Fsp3) is 0.667. The average Bonchev–Trinajstić information content (AvgIpc) is 3.07. The number of carbonyl (C=O) groups is 1. The van der Waals surface area contributed by atoms with Gasteiger partial charge in [-0.15, -0.1) is 0 Å². The van der Waals surface area contributed by atoms with Crippen molar-refractivity contribution in [2.45, 2.75) is 69.6 Å². The summed E-state index contributed by atoms with van der Waals surface area (Å²) in [5, 5.41) is 5.69. The number of rotatable bonds is 4. The lowest BCUT2D eigenvalue weighted by Gasteiger charge is -2.34. The number of urea groups is 1. The lowest BCUT2D eigenvalue weighted by molar-refractivity contribution is -0.0407. The van der Waals surface area contributed by atoms with Crippen LogP contribution in [0.5, 0.6) is 0 Å². The minimum atomic E-state index is -0.328. The van der Waals surface area contributed by atoms with Crippen LogP contribution in [0.3, 0.4) is 0 Å². The maximum Gasteiger partial charge on any atom is 0.319 e. The number of anilines is 1. The summed E-state index contributed by atoms with van der Waals surface area (Å²) >= 11 is 0. The molecule has 2 N–H and O–H groups in total. The number of aryl methyl sites for hydroxylation is 1. The molecular weight excluding hydrogens is 306 g/mol. The van der Waals surface area contributed by atoms with Gasteiger partial charge in [-0.05, 0) is 37.8 Å². The molecule has 2 unspecified atom stereocenters. The quantitative estimate of drug-likeness (QED) is 0.890. The molecule has 0 saturated heterocycles. The molecule has 0 aliphatic heterocycles. The number of hydrogen-bond donors (Lipinski definition) is 2. The van der Waals surface area contributed by atoms with E-state index in [1.54, 1.807) is 25.4 Å². The average molecular weight is 333 g/mol. The predicted octanol–water partition coefficient (Wildman–Crippen LogP) is 2.78. The van der Waals surface area contributed by atoms with E-state index in [-0.39, 0.29) is 23.7 Å². The highest BCUT2D eigenvalue weighted by atomic mass is 16.5. The van der Waals surface area contributed by atoms with Crippen LogP contribution in [0, 0.1) is 0 Å². The van der Waals surface area contributed by atoms with Gasteiger partial charge in [0.1, 0.15) is 5.69 Å². The number of carbonyl (C=O) groups excluding carboxylic acids is 1. The Kier molecular flexibility index (Phi) is 5.56. The summed E-state index contributed by atoms with van der Waals surface area (Å²) in [5.41, 5.74) is 0.0802. The van der Waals surface area contributed by atoms with Crippen molar-refractivity contribution in [1.82, 2.24) is 9.88 Å². The minimum Gasteiger partial charge on any atom is -0.373 e. The zero-order chi connectivity index (χ0) is 16.9. The molecule has 0 radical (unpaired) electrons. The van der Waals surface area contributed by atoms with Crippen LogP contribution in [-0.4, -0.2) is 28.8 Å². The van der Waals surface area contributed by atoms with E-state index in [1.807, 2.05) is 0 Å². The molecule has 2 amide bonds. The highest BCUT2D eigenvalue weighted by molar-refractivity contribution is 5.89. The maximum absolute atomic E-state index is 12.3. The summed E-state index contributed by atoms with van der Waals surface area (Å²) in [5.74, 6) is 0. The van der Waals surface area contributed by atoms with Crippen molar-refractivity contribution >= 4 is 11.7 Å². The normalized spacial score (nSPS) is 24.7. The van der Waals surface area contributed by atoms with E-state index in [4.69, 9.17) is 4.74 Å². The van der Waals surface area contributed by atoms with E-state index in [0.29, 0.717) is 11.8 Å². The predicted molar refractivity (Wildman–Crippen MR) is 93.2 cm³/mol. The molecule has 1 aromatic rings. The van der Waals surface area contributed by atoms with E-state index in [1.165, 1.54) is 17.4 Å². The minimum absolute atomic E-state index is 0.0203. The molecular formula is C18H27N3O3. The van der Waals surface area contributed by atoms with Crippen LogP contribution < -0.4 is 16.2 Å². The summed E-state index contributed by atoms with van der Waals surface area (Å²) in [6, 6.07) is 3.05. The largest absolute Gasteiger partial charge is 0.373 e. The zero-order valence-corrected chi connectivity index (χ0v) is 14.3. The van der Waals surface area contributed by atoms with Crippen LogP contribution in [-0.2, 0) is 11.8 Å². The number of nitrogens with one attached hydrogen (secondary N) is 2. The van der Waals surface area contributed by atoms with E-state index in [9.17, 15) is 9.59 Å². The van der Waals surface area contributed by atoms with Crippen LogP contribution in [0.25, 0.3) is 0 Å². The van der Waals surface area contributed by atoms with E-state index >= 15 is 0 Å². The fourth-order valence-corrected chi connectivity index (χ4v) is 3.72. The molecule has 1 heterocycles. The Balaban J connectivity index is 1.58. The Morgan fingerprint density at radius 3 is 2.67 bits per heavy atom. The van der Waals surface area contributed by atoms with Gasteiger partial charge in [-0.2, -0.15) is 0 Å². The van der Waals surface area contributed by atoms with Gasteiger partial charge >= 0.3 is 6.03 Å². The van der Waals surface area contributed by atoms with Crippen molar-refractivity contribution in [2.24, 2.45) is 7.05 Å². The second kappa shape index (κ2) is 7.83. The third kappa shape index (κ3) is 4.17. The SMILES string of the molecule is Cn1cccc(NC(=O)NC2CCCCC2OC2CCCC2)c1=O. The molecule has 3 rings (SSSR count). The molecule has 0 aromatic carbocycles. The van der Waals surface area contributed by atoms with Gasteiger partial charge < -0.3 is 19.9 Å². The fourth-order valence-electron chi connectivity index (χ4n) is 3.72. The van der Waals surface area contributed by atoms with Gasteiger partial charge in [0.2, 0.25) is 0 Å². The summed E-state index contributed by atoms with van der Waals surface area (Å²) in [7, 11) is 1.66. The highest BCUT2D eigenvalue weighted by Gasteiger charge is 2.30.